The predicted molar refractivity (Wildman–Crippen MR) is 132 cm³/mol. The van der Waals surface area contributed by atoms with Gasteiger partial charge in [-0.15, -0.1) is 0 Å². The number of amides is 2. The third-order valence-corrected chi connectivity index (χ3v) is 6.23. The van der Waals surface area contributed by atoms with Crippen molar-refractivity contribution >= 4 is 35.0 Å². The summed E-state index contributed by atoms with van der Waals surface area (Å²) >= 11 is 3.31. The summed E-state index contributed by atoms with van der Waals surface area (Å²) < 4.78 is 11.5. The van der Waals surface area contributed by atoms with Gasteiger partial charge in [0.2, 0.25) is 5.91 Å². The minimum atomic E-state index is -1.70. The molecular formula is C24H30BBrN2O6. The quantitative estimate of drug-likeness (QED) is 0.303. The molecule has 1 fully saturated rings. The van der Waals surface area contributed by atoms with Crippen molar-refractivity contribution in [1.82, 2.24) is 10.2 Å². The number of carbonyl (C=O) groups excluding carboxylic acids is 2. The molecule has 2 amide bonds. The first-order valence-corrected chi connectivity index (χ1v) is 12.5. The molecule has 0 aromatic heterocycles. The Morgan fingerprint density at radius 3 is 2.26 bits per heavy atom. The summed E-state index contributed by atoms with van der Waals surface area (Å²) in [6, 6.07) is 18.1. The molecule has 1 aliphatic rings. The van der Waals surface area contributed by atoms with Crippen LogP contribution in [0.15, 0.2) is 60.7 Å². The van der Waals surface area contributed by atoms with Crippen LogP contribution in [-0.2, 0) is 27.5 Å². The second-order valence-corrected chi connectivity index (χ2v) is 9.02. The Labute approximate surface area is 208 Å². The van der Waals surface area contributed by atoms with Crippen LogP contribution in [-0.4, -0.2) is 64.0 Å². The standard InChI is InChI=1S/C24H30BBrN2O6/c26-13-7-12-22(25(31)32)27-23(29)21-14-20(33-16-18-8-3-1-4-9-18)15-28(21)24(30)34-17-19-10-5-2-6-11-19/h1-6,8-11,20-22,31-32H,7,12-17H2,(H,27,29)/t20-,21+,22+/m1/s1. The van der Waals surface area contributed by atoms with Gasteiger partial charge in [0.05, 0.1) is 25.2 Å². The Kier molecular flexibility index (Phi) is 10.4. The van der Waals surface area contributed by atoms with Crippen molar-refractivity contribution in [2.75, 3.05) is 11.9 Å². The maximum atomic E-state index is 13.1. The lowest BCUT2D eigenvalue weighted by Gasteiger charge is -2.25. The van der Waals surface area contributed by atoms with Crippen molar-refractivity contribution in [1.29, 1.82) is 0 Å². The van der Waals surface area contributed by atoms with Gasteiger partial charge in [-0.1, -0.05) is 76.6 Å². The molecule has 2 aromatic rings. The van der Waals surface area contributed by atoms with Crippen molar-refractivity contribution in [3.63, 3.8) is 0 Å². The Hall–Kier alpha value is -2.40. The van der Waals surface area contributed by atoms with Crippen molar-refractivity contribution in [2.24, 2.45) is 0 Å². The molecule has 0 aliphatic carbocycles. The van der Waals surface area contributed by atoms with Crippen molar-refractivity contribution in [3.05, 3.63) is 71.8 Å². The van der Waals surface area contributed by atoms with Crippen LogP contribution in [0, 0.1) is 0 Å². The number of nitrogens with zero attached hydrogens (tertiary/aromatic N) is 1. The second kappa shape index (κ2) is 13.5. The topological polar surface area (TPSA) is 108 Å². The van der Waals surface area contributed by atoms with Gasteiger partial charge in [0.25, 0.3) is 0 Å². The molecule has 34 heavy (non-hydrogen) atoms. The smallest absolute Gasteiger partial charge is 0.445 e. The average molecular weight is 533 g/mol. The van der Waals surface area contributed by atoms with E-state index in [1.54, 1.807) is 0 Å². The third-order valence-electron chi connectivity index (χ3n) is 5.67. The molecule has 3 atom stereocenters. The molecule has 3 rings (SSSR count). The lowest BCUT2D eigenvalue weighted by atomic mass is 9.76. The summed E-state index contributed by atoms with van der Waals surface area (Å²) in [5.41, 5.74) is 1.83. The van der Waals surface area contributed by atoms with E-state index in [1.165, 1.54) is 4.90 Å². The van der Waals surface area contributed by atoms with Gasteiger partial charge >= 0.3 is 13.2 Å². The first-order chi connectivity index (χ1) is 16.5. The van der Waals surface area contributed by atoms with E-state index in [-0.39, 0.29) is 25.7 Å². The Morgan fingerprint density at radius 1 is 1.06 bits per heavy atom. The molecular weight excluding hydrogens is 503 g/mol. The molecule has 10 heteroatoms. The minimum absolute atomic E-state index is 0.0866. The van der Waals surface area contributed by atoms with Crippen LogP contribution in [0.5, 0.6) is 0 Å². The fourth-order valence-electron chi connectivity index (χ4n) is 3.83. The van der Waals surface area contributed by atoms with Crippen LogP contribution in [0.1, 0.15) is 30.4 Å². The summed E-state index contributed by atoms with van der Waals surface area (Å²) in [6.07, 6.45) is 0.343. The first kappa shape index (κ1) is 26.2. The molecule has 0 unspecified atom stereocenters. The van der Waals surface area contributed by atoms with E-state index < -0.39 is 31.1 Å². The summed E-state index contributed by atoms with van der Waals surface area (Å²) in [6.45, 7) is 0.644. The number of benzene rings is 2. The maximum absolute atomic E-state index is 13.1. The lowest BCUT2D eigenvalue weighted by molar-refractivity contribution is -0.125. The number of rotatable bonds is 11. The normalized spacial score (nSPS) is 18.4. The SMILES string of the molecule is O=C(N[C@@H](CCCBr)B(O)O)[C@@H]1C[C@@H](OCc2ccccc2)CN1C(=O)OCc1ccccc1. The number of ether oxygens (including phenoxy) is 2. The Morgan fingerprint density at radius 2 is 1.68 bits per heavy atom. The molecule has 2 aromatic carbocycles. The Bertz CT molecular complexity index is 905. The zero-order valence-electron chi connectivity index (χ0n) is 18.9. The zero-order valence-corrected chi connectivity index (χ0v) is 20.5. The van der Waals surface area contributed by atoms with Gasteiger partial charge in [-0.2, -0.15) is 0 Å². The number of hydrogen-bond donors (Lipinski definition) is 3. The molecule has 8 nitrogen and oxygen atoms in total. The van der Waals surface area contributed by atoms with Crippen LogP contribution in [0.3, 0.4) is 0 Å². The van der Waals surface area contributed by atoms with E-state index in [4.69, 9.17) is 9.47 Å². The highest BCUT2D eigenvalue weighted by atomic mass is 79.9. The fourth-order valence-corrected chi connectivity index (χ4v) is 4.15. The summed E-state index contributed by atoms with van der Waals surface area (Å²) in [7, 11) is -1.70. The van der Waals surface area contributed by atoms with E-state index in [9.17, 15) is 19.6 Å². The van der Waals surface area contributed by atoms with Gasteiger partial charge in [-0.3, -0.25) is 9.69 Å². The van der Waals surface area contributed by atoms with E-state index >= 15 is 0 Å². The molecule has 0 saturated carbocycles. The lowest BCUT2D eigenvalue weighted by Crippen LogP contribution is -2.53. The van der Waals surface area contributed by atoms with E-state index in [0.717, 1.165) is 11.1 Å². The van der Waals surface area contributed by atoms with Crippen LogP contribution in [0.25, 0.3) is 0 Å². The number of likely N-dealkylation sites (tertiary alicyclic amines) is 1. The van der Waals surface area contributed by atoms with Gasteiger partial charge in [0.15, 0.2) is 0 Å². The van der Waals surface area contributed by atoms with E-state index in [0.29, 0.717) is 24.8 Å². The van der Waals surface area contributed by atoms with Crippen molar-refractivity contribution < 1.29 is 29.1 Å². The van der Waals surface area contributed by atoms with Gasteiger partial charge in [0, 0.05) is 11.8 Å². The highest BCUT2D eigenvalue weighted by Gasteiger charge is 2.42. The number of carbonyl (C=O) groups is 2. The molecule has 0 radical (unpaired) electrons. The van der Waals surface area contributed by atoms with Gasteiger partial charge in [0.1, 0.15) is 12.6 Å². The van der Waals surface area contributed by atoms with Gasteiger partial charge in [-0.05, 0) is 24.0 Å². The van der Waals surface area contributed by atoms with Gasteiger partial charge < -0.3 is 24.8 Å². The number of halogens is 1. The summed E-state index contributed by atoms with van der Waals surface area (Å²) in [5.74, 6) is -1.30. The van der Waals surface area contributed by atoms with Gasteiger partial charge in [-0.25, -0.2) is 4.79 Å². The fraction of sp³-hybridized carbons (Fsp3) is 0.417. The third kappa shape index (κ3) is 7.83. The van der Waals surface area contributed by atoms with Crippen LogP contribution in [0.4, 0.5) is 4.79 Å². The van der Waals surface area contributed by atoms with Crippen LogP contribution < -0.4 is 5.32 Å². The molecule has 1 aliphatic heterocycles. The van der Waals surface area contributed by atoms with Crippen LogP contribution in [0.2, 0.25) is 0 Å². The monoisotopic (exact) mass is 532 g/mol. The minimum Gasteiger partial charge on any atom is -0.445 e. The van der Waals surface area contributed by atoms with Crippen molar-refractivity contribution in [2.45, 2.75) is 50.6 Å². The zero-order chi connectivity index (χ0) is 24.3. The number of nitrogens with one attached hydrogen (secondary N) is 1. The van der Waals surface area contributed by atoms with Crippen LogP contribution >= 0.6 is 15.9 Å². The first-order valence-electron chi connectivity index (χ1n) is 11.3. The van der Waals surface area contributed by atoms with E-state index in [1.807, 2.05) is 60.7 Å². The molecule has 3 N–H and O–H groups in total. The largest absolute Gasteiger partial charge is 0.475 e. The Balaban J connectivity index is 1.66. The second-order valence-electron chi connectivity index (χ2n) is 8.22. The maximum Gasteiger partial charge on any atom is 0.475 e. The molecule has 0 spiro atoms. The molecule has 0 bridgehead atoms. The number of hydrogen-bond acceptors (Lipinski definition) is 6. The summed E-state index contributed by atoms with van der Waals surface area (Å²) in [4.78, 5) is 27.4. The molecule has 1 saturated heterocycles. The average Bonchev–Trinajstić information content (AvgIpc) is 3.29. The molecule has 1 heterocycles. The number of alkyl halides is 1. The molecule has 182 valence electrons. The predicted octanol–water partition coefficient (Wildman–Crippen LogP) is 2.65. The summed E-state index contributed by atoms with van der Waals surface area (Å²) in [5, 5.41) is 22.7. The van der Waals surface area contributed by atoms with E-state index in [2.05, 4.69) is 21.2 Å². The highest BCUT2D eigenvalue weighted by Crippen LogP contribution is 2.24. The highest BCUT2D eigenvalue weighted by molar-refractivity contribution is 9.09. The van der Waals surface area contributed by atoms with Crippen molar-refractivity contribution in [3.8, 4) is 0 Å².